The second kappa shape index (κ2) is 5.64. The number of likely N-dealkylation sites (N-methyl/N-ethyl adjacent to an activating group) is 1. The molecule has 21 heavy (non-hydrogen) atoms. The third-order valence-electron chi connectivity index (χ3n) is 4.48. The number of fused-ring (bicyclic) bond motifs is 1. The number of rotatable bonds is 3. The van der Waals surface area contributed by atoms with Gasteiger partial charge in [-0.3, -0.25) is 4.79 Å². The molecule has 1 fully saturated rings. The van der Waals surface area contributed by atoms with E-state index in [1.54, 1.807) is 18.0 Å². The Kier molecular flexibility index (Phi) is 3.85. The summed E-state index contributed by atoms with van der Waals surface area (Å²) in [4.78, 5) is 14.0. The lowest BCUT2D eigenvalue weighted by molar-refractivity contribution is -0.137. The lowest BCUT2D eigenvalue weighted by Crippen LogP contribution is -2.42. The van der Waals surface area contributed by atoms with Gasteiger partial charge in [-0.05, 0) is 31.0 Å². The first-order valence-electron chi connectivity index (χ1n) is 7.42. The molecule has 1 aromatic carbocycles. The van der Waals surface area contributed by atoms with Crippen molar-refractivity contribution in [2.75, 3.05) is 13.6 Å². The molecule has 2 aliphatic rings. The van der Waals surface area contributed by atoms with E-state index in [9.17, 15) is 14.3 Å². The lowest BCUT2D eigenvalue weighted by atomic mass is 10.0. The molecule has 0 saturated heterocycles. The van der Waals surface area contributed by atoms with Gasteiger partial charge in [0.25, 0.3) is 5.91 Å². The molecule has 1 aromatic rings. The molecule has 0 radical (unpaired) electrons. The summed E-state index contributed by atoms with van der Waals surface area (Å²) in [7, 11) is 1.74. The van der Waals surface area contributed by atoms with Crippen LogP contribution in [-0.4, -0.2) is 41.7 Å². The number of carbonyl (C=O) groups is 1. The normalized spacial score (nSPS) is 27.3. The van der Waals surface area contributed by atoms with Gasteiger partial charge in [-0.2, -0.15) is 0 Å². The van der Waals surface area contributed by atoms with Crippen LogP contribution in [0.25, 0.3) is 0 Å². The Hall–Kier alpha value is -1.62. The number of aliphatic hydroxyl groups excluding tert-OH is 1. The highest BCUT2D eigenvalue weighted by molar-refractivity contribution is 5.82. The van der Waals surface area contributed by atoms with Crippen LogP contribution in [0.3, 0.4) is 0 Å². The van der Waals surface area contributed by atoms with Gasteiger partial charge < -0.3 is 14.7 Å². The summed E-state index contributed by atoms with van der Waals surface area (Å²) in [5.74, 6) is 0.322. The van der Waals surface area contributed by atoms with Gasteiger partial charge in [-0.15, -0.1) is 0 Å². The van der Waals surface area contributed by atoms with Crippen molar-refractivity contribution >= 4 is 5.91 Å². The molecule has 114 valence electrons. The zero-order valence-corrected chi connectivity index (χ0v) is 12.1. The molecule has 1 amide bonds. The molecular weight excluding hydrogens is 273 g/mol. The minimum Gasteiger partial charge on any atom is -0.480 e. The Labute approximate surface area is 123 Å². The van der Waals surface area contributed by atoms with E-state index in [1.807, 2.05) is 0 Å². The average Bonchev–Trinajstić information content (AvgIpc) is 3.04. The second-order valence-electron chi connectivity index (χ2n) is 6.04. The Morgan fingerprint density at radius 2 is 2.29 bits per heavy atom. The molecule has 1 aliphatic heterocycles. The molecule has 5 heteroatoms. The molecule has 1 N–H and O–H groups in total. The summed E-state index contributed by atoms with van der Waals surface area (Å²) in [6.07, 6.45) is 2.30. The highest BCUT2D eigenvalue weighted by Gasteiger charge is 2.34. The molecular formula is C16H20FNO3. The molecule has 1 saturated carbocycles. The van der Waals surface area contributed by atoms with Gasteiger partial charge in [0.1, 0.15) is 11.6 Å². The van der Waals surface area contributed by atoms with Crippen LogP contribution in [0.1, 0.15) is 24.8 Å². The number of carbonyl (C=O) groups excluding carboxylic acids is 1. The van der Waals surface area contributed by atoms with Crippen molar-refractivity contribution in [2.24, 2.45) is 5.92 Å². The fourth-order valence-electron chi connectivity index (χ4n) is 3.27. The van der Waals surface area contributed by atoms with Crippen LogP contribution in [0.4, 0.5) is 4.39 Å². The molecule has 0 aromatic heterocycles. The fourth-order valence-corrected chi connectivity index (χ4v) is 3.27. The van der Waals surface area contributed by atoms with E-state index in [1.165, 1.54) is 12.1 Å². The van der Waals surface area contributed by atoms with Crippen molar-refractivity contribution < 1.29 is 19.0 Å². The van der Waals surface area contributed by atoms with E-state index >= 15 is 0 Å². The monoisotopic (exact) mass is 293 g/mol. The molecule has 4 nitrogen and oxygen atoms in total. The molecule has 1 heterocycles. The van der Waals surface area contributed by atoms with Crippen LogP contribution in [0.2, 0.25) is 0 Å². The number of halogens is 1. The average molecular weight is 293 g/mol. The standard InChI is InChI=1S/C16H20FNO3/c1-18(9-10-3-2-4-13(10)19)16(20)15-8-11-7-12(17)5-6-14(11)21-15/h5-7,10,13,15,19H,2-4,8-9H2,1H3. The van der Waals surface area contributed by atoms with Crippen LogP contribution in [0, 0.1) is 11.7 Å². The van der Waals surface area contributed by atoms with Crippen molar-refractivity contribution in [3.63, 3.8) is 0 Å². The van der Waals surface area contributed by atoms with Crippen molar-refractivity contribution in [3.05, 3.63) is 29.6 Å². The maximum absolute atomic E-state index is 13.2. The Balaban J connectivity index is 1.61. The number of aliphatic hydroxyl groups is 1. The zero-order chi connectivity index (χ0) is 15.0. The van der Waals surface area contributed by atoms with Crippen LogP contribution >= 0.6 is 0 Å². The van der Waals surface area contributed by atoms with E-state index in [2.05, 4.69) is 0 Å². The van der Waals surface area contributed by atoms with Crippen molar-refractivity contribution in [1.82, 2.24) is 4.90 Å². The topological polar surface area (TPSA) is 49.8 Å². The number of ether oxygens (including phenoxy) is 1. The van der Waals surface area contributed by atoms with Crippen LogP contribution < -0.4 is 4.74 Å². The van der Waals surface area contributed by atoms with Crippen LogP contribution in [-0.2, 0) is 11.2 Å². The summed E-state index contributed by atoms with van der Waals surface area (Å²) < 4.78 is 18.8. The molecule has 1 aliphatic carbocycles. The third-order valence-corrected chi connectivity index (χ3v) is 4.48. The van der Waals surface area contributed by atoms with E-state index in [-0.39, 0.29) is 23.7 Å². The smallest absolute Gasteiger partial charge is 0.263 e. The number of benzene rings is 1. The highest BCUT2D eigenvalue weighted by Crippen LogP contribution is 2.31. The van der Waals surface area contributed by atoms with Gasteiger partial charge >= 0.3 is 0 Å². The summed E-state index contributed by atoms with van der Waals surface area (Å²) in [5.41, 5.74) is 0.739. The molecule has 3 rings (SSSR count). The quantitative estimate of drug-likeness (QED) is 0.923. The van der Waals surface area contributed by atoms with Crippen LogP contribution in [0.5, 0.6) is 5.75 Å². The lowest BCUT2D eigenvalue weighted by Gasteiger charge is -2.25. The third kappa shape index (κ3) is 2.88. The molecule has 0 spiro atoms. The first kappa shape index (κ1) is 14.3. The van der Waals surface area contributed by atoms with Crippen LogP contribution in [0.15, 0.2) is 18.2 Å². The highest BCUT2D eigenvalue weighted by atomic mass is 19.1. The van der Waals surface area contributed by atoms with Gasteiger partial charge in [-0.25, -0.2) is 4.39 Å². The Morgan fingerprint density at radius 3 is 3.00 bits per heavy atom. The minimum absolute atomic E-state index is 0.106. The maximum atomic E-state index is 13.2. The van der Waals surface area contributed by atoms with Crippen molar-refractivity contribution in [2.45, 2.75) is 37.9 Å². The first-order valence-corrected chi connectivity index (χ1v) is 7.42. The maximum Gasteiger partial charge on any atom is 0.263 e. The Morgan fingerprint density at radius 1 is 1.48 bits per heavy atom. The zero-order valence-electron chi connectivity index (χ0n) is 12.1. The van der Waals surface area contributed by atoms with E-state index < -0.39 is 6.10 Å². The molecule has 0 bridgehead atoms. The number of hydrogen-bond acceptors (Lipinski definition) is 3. The van der Waals surface area contributed by atoms with Crippen molar-refractivity contribution in [3.8, 4) is 5.75 Å². The van der Waals surface area contributed by atoms with Gasteiger partial charge in [0.2, 0.25) is 0 Å². The van der Waals surface area contributed by atoms with Crippen molar-refractivity contribution in [1.29, 1.82) is 0 Å². The van der Waals surface area contributed by atoms with E-state index in [4.69, 9.17) is 4.74 Å². The summed E-state index contributed by atoms with van der Waals surface area (Å²) in [6.45, 7) is 0.546. The van der Waals surface area contributed by atoms with Gasteiger partial charge in [0.05, 0.1) is 6.10 Å². The van der Waals surface area contributed by atoms with Gasteiger partial charge in [-0.1, -0.05) is 6.42 Å². The summed E-state index contributed by atoms with van der Waals surface area (Å²) >= 11 is 0. The van der Waals surface area contributed by atoms with Gasteiger partial charge in [0.15, 0.2) is 6.10 Å². The van der Waals surface area contributed by atoms with Gasteiger partial charge in [0, 0.05) is 31.5 Å². The molecule has 3 atom stereocenters. The first-order chi connectivity index (χ1) is 10.0. The minimum atomic E-state index is -0.578. The van der Waals surface area contributed by atoms with E-state index in [0.29, 0.717) is 18.7 Å². The SMILES string of the molecule is CN(CC1CCCC1O)C(=O)C1Cc2cc(F)ccc2O1. The predicted molar refractivity (Wildman–Crippen MR) is 75.5 cm³/mol. The molecule has 3 unspecified atom stereocenters. The predicted octanol–water partition coefficient (Wildman–Crippen LogP) is 1.75. The fraction of sp³-hybridized carbons (Fsp3) is 0.562. The second-order valence-corrected chi connectivity index (χ2v) is 6.04. The summed E-state index contributed by atoms with van der Waals surface area (Å²) in [6, 6.07) is 4.33. The Bertz CT molecular complexity index is 548. The van der Waals surface area contributed by atoms with E-state index in [0.717, 1.165) is 24.8 Å². The number of amides is 1. The largest absolute Gasteiger partial charge is 0.480 e. The number of hydrogen-bond donors (Lipinski definition) is 1. The number of nitrogens with zero attached hydrogens (tertiary/aromatic N) is 1. The summed E-state index contributed by atoms with van der Waals surface area (Å²) in [5, 5.41) is 9.85.